The van der Waals surface area contributed by atoms with E-state index in [-0.39, 0.29) is 17.5 Å². The minimum absolute atomic E-state index is 0.0809. The standard InChI is InChI=1S/C33H46FN2O2S/c1-3-4-5-6-7-8-9-10-11-12-13-14-22-38-33-20-17-30(24-32(33)34)26-36(28(2)37)31-18-15-29(16-19-31)25-35-21-23-39-27-35/h15-21,23-24,27H,3-14,22,25-26H2,1-2H3/q+1. The Kier molecular flexibility index (Phi) is 14.0. The quantitative estimate of drug-likeness (QED) is 0.110. The van der Waals surface area contributed by atoms with E-state index in [1.54, 1.807) is 22.3 Å². The number of anilines is 1. The summed E-state index contributed by atoms with van der Waals surface area (Å²) in [4.78, 5) is 14.1. The Hall–Kier alpha value is -2.73. The summed E-state index contributed by atoms with van der Waals surface area (Å²) in [6.45, 7) is 5.43. The highest BCUT2D eigenvalue weighted by atomic mass is 32.1. The van der Waals surface area contributed by atoms with Gasteiger partial charge in [-0.15, -0.1) is 0 Å². The fourth-order valence-corrected chi connectivity index (χ4v) is 5.39. The largest absolute Gasteiger partial charge is 0.491 e. The van der Waals surface area contributed by atoms with Gasteiger partial charge in [-0.25, -0.2) is 4.39 Å². The summed E-state index contributed by atoms with van der Waals surface area (Å²) in [5.41, 5.74) is 4.76. The molecule has 0 N–H and O–H groups in total. The first kappa shape index (κ1) is 30.8. The van der Waals surface area contributed by atoms with Crippen LogP contribution in [0.2, 0.25) is 0 Å². The maximum absolute atomic E-state index is 14.8. The molecule has 3 aromatic rings. The number of hydrogen-bond acceptors (Lipinski definition) is 3. The fourth-order valence-electron chi connectivity index (χ4n) is 4.80. The van der Waals surface area contributed by atoms with Crippen LogP contribution in [-0.4, -0.2) is 12.5 Å². The van der Waals surface area contributed by atoms with E-state index < -0.39 is 0 Å². The zero-order valence-corrected chi connectivity index (χ0v) is 24.7. The number of aromatic nitrogens is 1. The SMILES string of the molecule is CCCCCCCCCCCCCCOc1ccc(CN(C(C)=O)c2ccc(C[n+]3ccsc3)cc2)cc1F. The topological polar surface area (TPSA) is 33.4 Å². The lowest BCUT2D eigenvalue weighted by Crippen LogP contribution is -2.30. The van der Waals surface area contributed by atoms with Gasteiger partial charge in [-0.05, 0) is 36.2 Å². The molecule has 1 aromatic heterocycles. The van der Waals surface area contributed by atoms with Gasteiger partial charge >= 0.3 is 0 Å². The molecule has 0 aliphatic carbocycles. The Balaban J connectivity index is 1.36. The number of carbonyl (C=O) groups is 1. The molecule has 6 heteroatoms. The molecule has 0 bridgehead atoms. The van der Waals surface area contributed by atoms with E-state index in [9.17, 15) is 9.18 Å². The van der Waals surface area contributed by atoms with Gasteiger partial charge in [-0.2, -0.15) is 4.57 Å². The molecule has 39 heavy (non-hydrogen) atoms. The van der Waals surface area contributed by atoms with Gasteiger partial charge in [-0.3, -0.25) is 4.79 Å². The average molecular weight is 554 g/mol. The molecule has 0 spiro atoms. The number of thiazole rings is 1. The van der Waals surface area contributed by atoms with Crippen molar-refractivity contribution in [1.29, 1.82) is 0 Å². The summed E-state index contributed by atoms with van der Waals surface area (Å²) >= 11 is 1.66. The molecular weight excluding hydrogens is 507 g/mol. The molecule has 4 nitrogen and oxygen atoms in total. The molecular formula is C33H46FN2O2S+. The van der Waals surface area contributed by atoms with Gasteiger partial charge in [0.1, 0.15) is 0 Å². The van der Waals surface area contributed by atoms with Gasteiger partial charge in [0.25, 0.3) is 0 Å². The third-order valence-electron chi connectivity index (χ3n) is 7.11. The van der Waals surface area contributed by atoms with Gasteiger partial charge in [0.15, 0.2) is 24.3 Å². The van der Waals surface area contributed by atoms with Crippen molar-refractivity contribution in [3.63, 3.8) is 0 Å². The molecule has 0 aliphatic rings. The first-order valence-corrected chi connectivity index (χ1v) is 15.7. The Bertz CT molecular complexity index is 1090. The van der Waals surface area contributed by atoms with Gasteiger partial charge in [-0.1, -0.05) is 107 Å². The summed E-state index contributed by atoms with van der Waals surface area (Å²) in [5, 5.41) is 2.04. The molecule has 0 atom stereocenters. The molecule has 2 aromatic carbocycles. The van der Waals surface area contributed by atoms with Crippen LogP contribution in [0.3, 0.4) is 0 Å². The number of hydrogen-bond donors (Lipinski definition) is 0. The number of unbranched alkanes of at least 4 members (excludes halogenated alkanes) is 11. The summed E-state index contributed by atoms with van der Waals surface area (Å²) in [6.07, 6.45) is 17.5. The van der Waals surface area contributed by atoms with Crippen LogP contribution in [0.15, 0.2) is 59.6 Å². The third kappa shape index (κ3) is 11.5. The van der Waals surface area contributed by atoms with Crippen molar-refractivity contribution in [2.75, 3.05) is 11.5 Å². The van der Waals surface area contributed by atoms with E-state index >= 15 is 0 Å². The van der Waals surface area contributed by atoms with Crippen LogP contribution >= 0.6 is 11.3 Å². The lowest BCUT2D eigenvalue weighted by atomic mass is 10.1. The first-order valence-electron chi connectivity index (χ1n) is 14.8. The van der Waals surface area contributed by atoms with Gasteiger partial charge in [0, 0.05) is 18.2 Å². The minimum Gasteiger partial charge on any atom is -0.491 e. The molecule has 0 saturated heterocycles. The number of nitrogens with zero attached hydrogens (tertiary/aromatic N) is 2. The second kappa shape index (κ2) is 17.8. The summed E-state index contributed by atoms with van der Waals surface area (Å²) in [7, 11) is 0. The van der Waals surface area contributed by atoms with Crippen molar-refractivity contribution in [3.8, 4) is 5.75 Å². The fraction of sp³-hybridized carbons (Fsp3) is 0.515. The zero-order valence-electron chi connectivity index (χ0n) is 23.9. The number of halogens is 1. The van der Waals surface area contributed by atoms with Crippen LogP contribution in [0.1, 0.15) is 102 Å². The molecule has 0 unspecified atom stereocenters. The van der Waals surface area contributed by atoms with Crippen molar-refractivity contribution in [2.45, 2.75) is 104 Å². The lowest BCUT2D eigenvalue weighted by molar-refractivity contribution is -0.683. The Morgan fingerprint density at radius 2 is 1.49 bits per heavy atom. The normalized spacial score (nSPS) is 11.1. The van der Waals surface area contributed by atoms with Crippen LogP contribution in [0.5, 0.6) is 5.75 Å². The smallest absolute Gasteiger partial charge is 0.224 e. The van der Waals surface area contributed by atoms with E-state index in [1.807, 2.05) is 41.9 Å². The number of amides is 1. The number of ether oxygens (including phenoxy) is 1. The molecule has 0 fully saturated rings. The van der Waals surface area contributed by atoms with Crippen molar-refractivity contribution in [1.82, 2.24) is 0 Å². The van der Waals surface area contributed by atoms with E-state index in [2.05, 4.69) is 17.0 Å². The highest BCUT2D eigenvalue weighted by Gasteiger charge is 2.15. The summed E-state index contributed by atoms with van der Waals surface area (Å²) in [5.74, 6) is -0.174. The van der Waals surface area contributed by atoms with Crippen LogP contribution in [0.25, 0.3) is 0 Å². The number of carbonyl (C=O) groups excluding carboxylic acids is 1. The Morgan fingerprint density at radius 1 is 0.872 bits per heavy atom. The second-order valence-corrected chi connectivity index (χ2v) is 11.2. The highest BCUT2D eigenvalue weighted by Crippen LogP contribution is 2.23. The molecule has 1 amide bonds. The van der Waals surface area contributed by atoms with E-state index in [0.29, 0.717) is 13.2 Å². The highest BCUT2D eigenvalue weighted by molar-refractivity contribution is 7.07. The predicted molar refractivity (Wildman–Crippen MR) is 160 cm³/mol. The minimum atomic E-state index is -0.377. The average Bonchev–Trinajstić information content (AvgIpc) is 3.44. The van der Waals surface area contributed by atoms with Crippen molar-refractivity contribution in [3.05, 3.63) is 76.5 Å². The van der Waals surface area contributed by atoms with Gasteiger partial charge < -0.3 is 9.64 Å². The molecule has 0 aliphatic heterocycles. The van der Waals surface area contributed by atoms with Crippen molar-refractivity contribution in [2.24, 2.45) is 0 Å². The molecule has 3 rings (SSSR count). The number of rotatable bonds is 19. The predicted octanol–water partition coefficient (Wildman–Crippen LogP) is 8.86. The monoisotopic (exact) mass is 553 g/mol. The molecule has 1 heterocycles. The summed E-state index contributed by atoms with van der Waals surface area (Å²) in [6, 6.07) is 13.0. The summed E-state index contributed by atoms with van der Waals surface area (Å²) < 4.78 is 22.6. The number of benzene rings is 2. The van der Waals surface area contributed by atoms with Crippen LogP contribution < -0.4 is 14.2 Å². The lowest BCUT2D eigenvalue weighted by Gasteiger charge is -2.22. The van der Waals surface area contributed by atoms with E-state index in [4.69, 9.17) is 4.74 Å². The van der Waals surface area contributed by atoms with Crippen LogP contribution in [0.4, 0.5) is 10.1 Å². The molecule has 0 radical (unpaired) electrons. The van der Waals surface area contributed by atoms with E-state index in [0.717, 1.165) is 36.2 Å². The first-order chi connectivity index (χ1) is 19.1. The van der Waals surface area contributed by atoms with Gasteiger partial charge in [0.05, 0.1) is 18.5 Å². The van der Waals surface area contributed by atoms with Crippen molar-refractivity contribution < 1.29 is 18.5 Å². The second-order valence-electron chi connectivity index (χ2n) is 10.5. The zero-order chi connectivity index (χ0) is 27.7. The Labute approximate surface area is 238 Å². The maximum Gasteiger partial charge on any atom is 0.224 e. The van der Waals surface area contributed by atoms with Crippen molar-refractivity contribution >= 4 is 22.9 Å². The van der Waals surface area contributed by atoms with Crippen LogP contribution in [-0.2, 0) is 17.9 Å². The molecule has 0 saturated carbocycles. The molecule has 212 valence electrons. The van der Waals surface area contributed by atoms with Gasteiger partial charge in [0.2, 0.25) is 11.4 Å². The maximum atomic E-state index is 14.8. The third-order valence-corrected chi connectivity index (χ3v) is 7.78. The van der Waals surface area contributed by atoms with E-state index in [1.165, 1.54) is 77.2 Å². The van der Waals surface area contributed by atoms with Crippen LogP contribution in [0, 0.1) is 5.82 Å². The Morgan fingerprint density at radius 3 is 2.05 bits per heavy atom.